The first kappa shape index (κ1) is 13.2. The van der Waals surface area contributed by atoms with E-state index in [4.69, 9.17) is 9.84 Å². The molecular weight excluding hydrogens is 184 g/mol. The zero-order valence-electron chi connectivity index (χ0n) is 8.88. The number of hydrogen-bond donors (Lipinski definition) is 3. The van der Waals surface area contributed by atoms with E-state index in [1.165, 1.54) is 7.11 Å². The van der Waals surface area contributed by atoms with Gasteiger partial charge in [-0.3, -0.25) is 0 Å². The molecule has 0 aliphatic rings. The van der Waals surface area contributed by atoms with Gasteiger partial charge >= 0.3 is 6.03 Å². The highest BCUT2D eigenvalue weighted by atomic mass is 16.5. The van der Waals surface area contributed by atoms with Crippen molar-refractivity contribution in [2.45, 2.75) is 25.8 Å². The van der Waals surface area contributed by atoms with E-state index in [0.717, 1.165) is 12.8 Å². The Hall–Kier alpha value is -0.810. The average Bonchev–Trinajstić information content (AvgIpc) is 2.17. The molecule has 1 unspecified atom stereocenters. The normalized spacial score (nSPS) is 12.2. The SMILES string of the molecule is CCCCNC(=O)NC(CO)COC. The summed E-state index contributed by atoms with van der Waals surface area (Å²) in [4.78, 5) is 11.2. The van der Waals surface area contributed by atoms with Gasteiger partial charge in [-0.15, -0.1) is 0 Å². The number of hydrogen-bond acceptors (Lipinski definition) is 3. The highest BCUT2D eigenvalue weighted by Gasteiger charge is 2.09. The predicted molar refractivity (Wildman–Crippen MR) is 54.2 cm³/mol. The lowest BCUT2D eigenvalue weighted by molar-refractivity contribution is 0.130. The lowest BCUT2D eigenvalue weighted by atomic mass is 10.3. The first-order valence-electron chi connectivity index (χ1n) is 4.88. The van der Waals surface area contributed by atoms with Gasteiger partial charge in [-0.2, -0.15) is 0 Å². The third-order valence-electron chi connectivity index (χ3n) is 1.74. The standard InChI is InChI=1S/C9H20N2O3/c1-3-4-5-10-9(13)11-8(6-12)7-14-2/h8,12H,3-7H2,1-2H3,(H2,10,11,13). The Bertz CT molecular complexity index is 153. The van der Waals surface area contributed by atoms with E-state index in [0.29, 0.717) is 13.2 Å². The second-order valence-electron chi connectivity index (χ2n) is 3.09. The fraction of sp³-hybridized carbons (Fsp3) is 0.889. The van der Waals surface area contributed by atoms with Crippen LogP contribution in [0.4, 0.5) is 4.79 Å². The molecule has 14 heavy (non-hydrogen) atoms. The van der Waals surface area contributed by atoms with Crippen LogP contribution < -0.4 is 10.6 Å². The minimum Gasteiger partial charge on any atom is -0.394 e. The Kier molecular flexibility index (Phi) is 8.27. The number of aliphatic hydroxyl groups excluding tert-OH is 1. The van der Waals surface area contributed by atoms with Crippen LogP contribution >= 0.6 is 0 Å². The van der Waals surface area contributed by atoms with Crippen molar-refractivity contribution < 1.29 is 14.6 Å². The van der Waals surface area contributed by atoms with Gasteiger partial charge in [0.05, 0.1) is 19.3 Å². The molecule has 0 saturated heterocycles. The Morgan fingerprint density at radius 2 is 2.29 bits per heavy atom. The minimum atomic E-state index is -0.332. The lowest BCUT2D eigenvalue weighted by Gasteiger charge is -2.15. The van der Waals surface area contributed by atoms with Crippen molar-refractivity contribution in [2.24, 2.45) is 0 Å². The smallest absolute Gasteiger partial charge is 0.315 e. The van der Waals surface area contributed by atoms with E-state index >= 15 is 0 Å². The number of nitrogens with one attached hydrogen (secondary N) is 2. The van der Waals surface area contributed by atoms with Crippen LogP contribution in [-0.4, -0.2) is 44.0 Å². The minimum absolute atomic E-state index is 0.116. The van der Waals surface area contributed by atoms with Gasteiger partial charge in [0, 0.05) is 13.7 Å². The number of urea groups is 1. The Labute approximate surface area is 84.8 Å². The average molecular weight is 204 g/mol. The van der Waals surface area contributed by atoms with E-state index in [1.54, 1.807) is 0 Å². The van der Waals surface area contributed by atoms with Crippen molar-refractivity contribution in [1.29, 1.82) is 0 Å². The summed E-state index contributed by atoms with van der Waals surface area (Å²) in [5.41, 5.74) is 0. The molecule has 84 valence electrons. The van der Waals surface area contributed by atoms with Crippen LogP contribution in [0, 0.1) is 0 Å². The molecule has 0 saturated carbocycles. The maximum Gasteiger partial charge on any atom is 0.315 e. The van der Waals surface area contributed by atoms with Crippen molar-refractivity contribution in [3.63, 3.8) is 0 Å². The fourth-order valence-corrected chi connectivity index (χ4v) is 0.956. The molecule has 0 aromatic rings. The van der Waals surface area contributed by atoms with Crippen LogP contribution in [0.15, 0.2) is 0 Å². The molecule has 0 rings (SSSR count). The van der Waals surface area contributed by atoms with Crippen LogP contribution in [0.2, 0.25) is 0 Å². The molecule has 0 radical (unpaired) electrons. The van der Waals surface area contributed by atoms with Gasteiger partial charge in [0.2, 0.25) is 0 Å². The van der Waals surface area contributed by atoms with Crippen molar-refractivity contribution in [2.75, 3.05) is 26.9 Å². The number of ether oxygens (including phenoxy) is 1. The summed E-state index contributed by atoms with van der Waals surface area (Å²) < 4.78 is 4.82. The van der Waals surface area contributed by atoms with E-state index in [1.807, 2.05) is 0 Å². The number of unbranched alkanes of at least 4 members (excludes halogenated alkanes) is 1. The first-order valence-corrected chi connectivity index (χ1v) is 4.88. The number of methoxy groups -OCH3 is 1. The van der Waals surface area contributed by atoms with Crippen LogP contribution in [0.3, 0.4) is 0 Å². The van der Waals surface area contributed by atoms with Gasteiger partial charge in [-0.25, -0.2) is 4.79 Å². The summed E-state index contributed by atoms with van der Waals surface area (Å²) in [7, 11) is 1.53. The molecule has 1 atom stereocenters. The maximum absolute atomic E-state index is 11.2. The first-order chi connectivity index (χ1) is 6.74. The zero-order chi connectivity index (χ0) is 10.8. The van der Waals surface area contributed by atoms with E-state index in [9.17, 15) is 4.79 Å². The Morgan fingerprint density at radius 3 is 2.79 bits per heavy atom. The quantitative estimate of drug-likeness (QED) is 0.515. The number of amides is 2. The van der Waals surface area contributed by atoms with Crippen molar-refractivity contribution in [3.8, 4) is 0 Å². The van der Waals surface area contributed by atoms with Gasteiger partial charge < -0.3 is 20.5 Å². The molecule has 3 N–H and O–H groups in total. The van der Waals surface area contributed by atoms with Crippen LogP contribution in [0.5, 0.6) is 0 Å². The Balaban J connectivity index is 3.56. The molecule has 0 aromatic heterocycles. The van der Waals surface area contributed by atoms with Crippen molar-refractivity contribution >= 4 is 6.03 Å². The van der Waals surface area contributed by atoms with Crippen LogP contribution in [-0.2, 0) is 4.74 Å². The lowest BCUT2D eigenvalue weighted by Crippen LogP contribution is -2.46. The summed E-state index contributed by atoms with van der Waals surface area (Å²) in [5.74, 6) is 0. The summed E-state index contributed by atoms with van der Waals surface area (Å²) in [6, 6.07) is -0.587. The van der Waals surface area contributed by atoms with Crippen molar-refractivity contribution in [1.82, 2.24) is 10.6 Å². The predicted octanol–water partition coefficient (Wildman–Crippen LogP) is 0.0930. The van der Waals surface area contributed by atoms with E-state index < -0.39 is 0 Å². The van der Waals surface area contributed by atoms with Gasteiger partial charge in [-0.1, -0.05) is 13.3 Å². The molecule has 0 fully saturated rings. The van der Waals surface area contributed by atoms with E-state index in [-0.39, 0.29) is 18.7 Å². The third kappa shape index (κ3) is 6.68. The molecule has 0 spiro atoms. The second kappa shape index (κ2) is 8.77. The molecular formula is C9H20N2O3. The number of carbonyl (C=O) groups excluding carboxylic acids is 1. The number of carbonyl (C=O) groups is 1. The monoisotopic (exact) mass is 204 g/mol. The van der Waals surface area contributed by atoms with Gasteiger partial charge in [0.15, 0.2) is 0 Å². The van der Waals surface area contributed by atoms with Gasteiger partial charge in [0.1, 0.15) is 0 Å². The number of aliphatic hydroxyl groups is 1. The summed E-state index contributed by atoms with van der Waals surface area (Å²) in [6.45, 7) is 2.92. The molecule has 0 heterocycles. The molecule has 0 aliphatic carbocycles. The van der Waals surface area contributed by atoms with E-state index in [2.05, 4.69) is 17.6 Å². The molecule has 0 bridgehead atoms. The second-order valence-corrected chi connectivity index (χ2v) is 3.09. The van der Waals surface area contributed by atoms with Crippen LogP contribution in [0.1, 0.15) is 19.8 Å². The van der Waals surface area contributed by atoms with Gasteiger partial charge in [0.25, 0.3) is 0 Å². The molecule has 5 heteroatoms. The largest absolute Gasteiger partial charge is 0.394 e. The summed E-state index contributed by atoms with van der Waals surface area (Å²) in [5, 5.41) is 14.1. The number of rotatable bonds is 7. The molecule has 0 aliphatic heterocycles. The molecule has 0 aromatic carbocycles. The summed E-state index contributed by atoms with van der Waals surface area (Å²) in [6.07, 6.45) is 2.00. The fourth-order valence-electron chi connectivity index (χ4n) is 0.956. The summed E-state index contributed by atoms with van der Waals surface area (Å²) >= 11 is 0. The Morgan fingerprint density at radius 1 is 1.57 bits per heavy atom. The maximum atomic E-state index is 11.2. The van der Waals surface area contributed by atoms with Gasteiger partial charge in [-0.05, 0) is 6.42 Å². The topological polar surface area (TPSA) is 70.6 Å². The highest BCUT2D eigenvalue weighted by Crippen LogP contribution is 1.85. The highest BCUT2D eigenvalue weighted by molar-refractivity contribution is 5.74. The zero-order valence-corrected chi connectivity index (χ0v) is 8.88. The van der Waals surface area contributed by atoms with Crippen molar-refractivity contribution in [3.05, 3.63) is 0 Å². The molecule has 5 nitrogen and oxygen atoms in total. The van der Waals surface area contributed by atoms with Crippen LogP contribution in [0.25, 0.3) is 0 Å². The third-order valence-corrected chi connectivity index (χ3v) is 1.74. The molecule has 2 amide bonds.